The molecule has 4 rings (SSSR count). The predicted molar refractivity (Wildman–Crippen MR) is 107 cm³/mol. The minimum absolute atomic E-state index is 0.0863. The van der Waals surface area contributed by atoms with Crippen LogP contribution in [0.2, 0.25) is 0 Å². The Bertz CT molecular complexity index is 937. The summed E-state index contributed by atoms with van der Waals surface area (Å²) in [6, 6.07) is 7.97. The molecule has 0 spiro atoms. The van der Waals surface area contributed by atoms with E-state index in [0.29, 0.717) is 18.9 Å². The van der Waals surface area contributed by atoms with E-state index in [1.54, 1.807) is 12.4 Å². The van der Waals surface area contributed by atoms with E-state index < -0.39 is 0 Å². The fraction of sp³-hybridized carbons (Fsp3) is 0.350. The summed E-state index contributed by atoms with van der Waals surface area (Å²) in [4.78, 5) is 20.9. The van der Waals surface area contributed by atoms with Crippen molar-refractivity contribution in [2.45, 2.75) is 0 Å². The van der Waals surface area contributed by atoms with Crippen LogP contribution in [0, 0.1) is 0 Å². The zero-order valence-corrected chi connectivity index (χ0v) is 15.6. The molecule has 7 nitrogen and oxygen atoms in total. The molecule has 0 unspecified atom stereocenters. The highest BCUT2D eigenvalue weighted by molar-refractivity contribution is 5.94. The molecule has 3 heterocycles. The number of carbonyl (C=O) groups is 1. The third-order valence-corrected chi connectivity index (χ3v) is 5.05. The number of halogens is 1. The summed E-state index contributed by atoms with van der Waals surface area (Å²) in [5.74, 6) is 0.453. The first-order chi connectivity index (χ1) is 13.7. The first-order valence-electron chi connectivity index (χ1n) is 9.41. The predicted octanol–water partition coefficient (Wildman–Crippen LogP) is 2.15. The number of nitrogens with zero attached hydrogens (tertiary/aromatic N) is 4. The van der Waals surface area contributed by atoms with Crippen LogP contribution in [0.15, 0.2) is 42.9 Å². The SMILES string of the molecule is O=C(CN1CCN(CCF)CC1)Nc1cc2cc(-c3cn[nH]c3)ccc2cn1. The molecule has 0 saturated carbocycles. The molecule has 0 bridgehead atoms. The lowest BCUT2D eigenvalue weighted by atomic mass is 10.1. The standard InChI is InChI=1S/C20H23FN6O/c21-3-4-26-5-7-27(8-6-26)14-20(28)25-19-10-17-9-15(18-12-23-24-13-18)1-2-16(17)11-22-19/h1-2,9-13H,3-8,14H2,(H,23,24)(H,22,25,28). The van der Waals surface area contributed by atoms with Crippen LogP contribution in [-0.4, -0.2) is 76.8 Å². The molecule has 3 aromatic rings. The molecular formula is C20H23FN6O. The van der Waals surface area contributed by atoms with Crippen LogP contribution in [0.4, 0.5) is 10.2 Å². The molecule has 2 N–H and O–H groups in total. The van der Waals surface area contributed by atoms with Crippen LogP contribution in [0.3, 0.4) is 0 Å². The molecule has 28 heavy (non-hydrogen) atoms. The van der Waals surface area contributed by atoms with Crippen molar-refractivity contribution in [3.8, 4) is 11.1 Å². The summed E-state index contributed by atoms with van der Waals surface area (Å²) < 4.78 is 12.4. The maximum Gasteiger partial charge on any atom is 0.239 e. The fourth-order valence-electron chi connectivity index (χ4n) is 3.47. The van der Waals surface area contributed by atoms with Gasteiger partial charge in [-0.3, -0.25) is 19.7 Å². The van der Waals surface area contributed by atoms with Crippen molar-refractivity contribution in [1.82, 2.24) is 25.0 Å². The molecule has 0 atom stereocenters. The quantitative estimate of drug-likeness (QED) is 0.683. The highest BCUT2D eigenvalue weighted by Crippen LogP contribution is 2.24. The molecule has 1 aromatic carbocycles. The number of rotatable bonds is 6. The number of nitrogens with one attached hydrogen (secondary N) is 2. The number of anilines is 1. The number of aromatic nitrogens is 3. The van der Waals surface area contributed by atoms with Gasteiger partial charge in [0.15, 0.2) is 0 Å². The molecule has 1 fully saturated rings. The average Bonchev–Trinajstić information content (AvgIpc) is 3.24. The van der Waals surface area contributed by atoms with Crippen LogP contribution in [-0.2, 0) is 4.79 Å². The van der Waals surface area contributed by atoms with Gasteiger partial charge in [0.2, 0.25) is 5.91 Å². The molecule has 1 amide bonds. The number of alkyl halides is 1. The molecule has 1 aliphatic rings. The highest BCUT2D eigenvalue weighted by Gasteiger charge is 2.18. The molecule has 8 heteroatoms. The Hall–Kier alpha value is -2.84. The number of hydrogen-bond acceptors (Lipinski definition) is 5. The van der Waals surface area contributed by atoms with E-state index in [2.05, 4.69) is 36.4 Å². The van der Waals surface area contributed by atoms with E-state index in [0.717, 1.165) is 48.1 Å². The van der Waals surface area contributed by atoms with Crippen molar-refractivity contribution in [3.63, 3.8) is 0 Å². The summed E-state index contributed by atoms with van der Waals surface area (Å²) >= 11 is 0. The van der Waals surface area contributed by atoms with Gasteiger partial charge in [-0.1, -0.05) is 12.1 Å². The molecule has 0 radical (unpaired) electrons. The lowest BCUT2D eigenvalue weighted by molar-refractivity contribution is -0.117. The number of H-pyrrole nitrogens is 1. The van der Waals surface area contributed by atoms with Gasteiger partial charge in [-0.25, -0.2) is 9.37 Å². The Labute approximate surface area is 162 Å². The summed E-state index contributed by atoms with van der Waals surface area (Å²) in [6.07, 6.45) is 5.39. The minimum Gasteiger partial charge on any atom is -0.310 e. The van der Waals surface area contributed by atoms with Crippen molar-refractivity contribution < 1.29 is 9.18 Å². The number of carbonyl (C=O) groups excluding carboxylic acids is 1. The normalized spacial score (nSPS) is 15.8. The Morgan fingerprint density at radius 1 is 1.07 bits per heavy atom. The van der Waals surface area contributed by atoms with Gasteiger partial charge >= 0.3 is 0 Å². The van der Waals surface area contributed by atoms with Crippen LogP contribution in [0.1, 0.15) is 0 Å². The Balaban J connectivity index is 1.39. The first-order valence-corrected chi connectivity index (χ1v) is 9.41. The average molecular weight is 382 g/mol. The summed E-state index contributed by atoms with van der Waals surface area (Å²) in [5.41, 5.74) is 2.06. The number of fused-ring (bicyclic) bond motifs is 1. The van der Waals surface area contributed by atoms with E-state index in [4.69, 9.17) is 0 Å². The fourth-order valence-corrected chi connectivity index (χ4v) is 3.47. The van der Waals surface area contributed by atoms with E-state index in [-0.39, 0.29) is 12.6 Å². The smallest absolute Gasteiger partial charge is 0.239 e. The second kappa shape index (κ2) is 8.45. The molecule has 2 aromatic heterocycles. The van der Waals surface area contributed by atoms with Gasteiger partial charge in [0.05, 0.1) is 12.7 Å². The molecule has 0 aliphatic carbocycles. The Morgan fingerprint density at radius 2 is 1.89 bits per heavy atom. The highest BCUT2D eigenvalue weighted by atomic mass is 19.1. The Kier molecular flexibility index (Phi) is 5.59. The number of piperazine rings is 1. The van der Waals surface area contributed by atoms with E-state index in [9.17, 15) is 9.18 Å². The van der Waals surface area contributed by atoms with Gasteiger partial charge in [0.25, 0.3) is 0 Å². The van der Waals surface area contributed by atoms with Gasteiger partial charge in [-0.05, 0) is 23.1 Å². The second-order valence-corrected chi connectivity index (χ2v) is 6.97. The van der Waals surface area contributed by atoms with Crippen molar-refractivity contribution in [2.75, 3.05) is 51.3 Å². The second-order valence-electron chi connectivity index (χ2n) is 6.97. The van der Waals surface area contributed by atoms with Gasteiger partial charge in [0.1, 0.15) is 12.5 Å². The number of hydrogen-bond donors (Lipinski definition) is 2. The van der Waals surface area contributed by atoms with Crippen LogP contribution < -0.4 is 5.32 Å². The zero-order chi connectivity index (χ0) is 19.3. The summed E-state index contributed by atoms with van der Waals surface area (Å²) in [5, 5.41) is 11.7. The number of pyridine rings is 1. The number of aromatic amines is 1. The molecule has 1 saturated heterocycles. The van der Waals surface area contributed by atoms with Crippen molar-refractivity contribution in [2.24, 2.45) is 0 Å². The minimum atomic E-state index is -0.323. The topological polar surface area (TPSA) is 77.2 Å². The zero-order valence-electron chi connectivity index (χ0n) is 15.6. The van der Waals surface area contributed by atoms with Crippen LogP contribution in [0.5, 0.6) is 0 Å². The maximum absolute atomic E-state index is 12.4. The molecule has 146 valence electrons. The maximum atomic E-state index is 12.4. The summed E-state index contributed by atoms with van der Waals surface area (Å²) in [6.45, 7) is 3.60. The number of amides is 1. The lowest BCUT2D eigenvalue weighted by Gasteiger charge is -2.33. The molecular weight excluding hydrogens is 359 g/mol. The van der Waals surface area contributed by atoms with E-state index >= 15 is 0 Å². The van der Waals surface area contributed by atoms with Gasteiger partial charge in [-0.15, -0.1) is 0 Å². The Morgan fingerprint density at radius 3 is 2.64 bits per heavy atom. The third kappa shape index (κ3) is 4.35. The first kappa shape index (κ1) is 18.5. The molecule has 1 aliphatic heterocycles. The van der Waals surface area contributed by atoms with Crippen molar-refractivity contribution >= 4 is 22.5 Å². The van der Waals surface area contributed by atoms with Crippen LogP contribution >= 0.6 is 0 Å². The van der Waals surface area contributed by atoms with Gasteiger partial charge in [-0.2, -0.15) is 5.10 Å². The largest absolute Gasteiger partial charge is 0.310 e. The lowest BCUT2D eigenvalue weighted by Crippen LogP contribution is -2.49. The van der Waals surface area contributed by atoms with Crippen molar-refractivity contribution in [1.29, 1.82) is 0 Å². The monoisotopic (exact) mass is 382 g/mol. The summed E-state index contributed by atoms with van der Waals surface area (Å²) in [7, 11) is 0. The van der Waals surface area contributed by atoms with Crippen LogP contribution in [0.25, 0.3) is 21.9 Å². The third-order valence-electron chi connectivity index (χ3n) is 5.05. The van der Waals surface area contributed by atoms with E-state index in [1.165, 1.54) is 0 Å². The van der Waals surface area contributed by atoms with Crippen molar-refractivity contribution in [3.05, 3.63) is 42.9 Å². The number of benzene rings is 1. The van der Waals surface area contributed by atoms with Gasteiger partial charge < -0.3 is 5.32 Å². The van der Waals surface area contributed by atoms with Gasteiger partial charge in [0, 0.05) is 56.1 Å². The van der Waals surface area contributed by atoms with E-state index in [1.807, 2.05) is 24.4 Å².